The zero-order valence-corrected chi connectivity index (χ0v) is 16.0. The molecule has 2 N–H and O–H groups in total. The maximum absolute atomic E-state index is 12.2. The number of thiophene rings is 1. The van der Waals surface area contributed by atoms with E-state index >= 15 is 0 Å². The molecule has 1 aliphatic carbocycles. The molecule has 142 valence electrons. The third kappa shape index (κ3) is 4.46. The Morgan fingerprint density at radius 1 is 1.22 bits per heavy atom. The molecule has 0 bridgehead atoms. The summed E-state index contributed by atoms with van der Waals surface area (Å²) in [6.07, 6.45) is 5.38. The van der Waals surface area contributed by atoms with Crippen LogP contribution in [0.25, 0.3) is 0 Å². The van der Waals surface area contributed by atoms with Gasteiger partial charge >= 0.3 is 12.0 Å². The zero-order chi connectivity index (χ0) is 19.2. The average molecular weight is 387 g/mol. The van der Waals surface area contributed by atoms with Crippen molar-refractivity contribution in [1.82, 2.24) is 5.43 Å². The average Bonchev–Trinajstić information content (AvgIpc) is 3.05. The number of rotatable bonds is 5. The molecule has 2 aromatic rings. The predicted molar refractivity (Wildman–Crippen MR) is 105 cm³/mol. The quantitative estimate of drug-likeness (QED) is 0.466. The minimum atomic E-state index is -0.516. The Balaban J connectivity index is 1.69. The number of benzene rings is 1. The number of aryl methyl sites for hydroxylation is 1. The Morgan fingerprint density at radius 3 is 2.81 bits per heavy atom. The van der Waals surface area contributed by atoms with Crippen molar-refractivity contribution in [2.45, 2.75) is 25.7 Å². The maximum Gasteiger partial charge on any atom is 0.341 e. The van der Waals surface area contributed by atoms with Gasteiger partial charge < -0.3 is 9.47 Å². The van der Waals surface area contributed by atoms with Gasteiger partial charge in [0.2, 0.25) is 0 Å². The van der Waals surface area contributed by atoms with Gasteiger partial charge in [0.15, 0.2) is 0 Å². The lowest BCUT2D eigenvalue weighted by Crippen LogP contribution is -2.24. The van der Waals surface area contributed by atoms with Crippen LogP contribution in [0.1, 0.15) is 39.2 Å². The van der Waals surface area contributed by atoms with Crippen LogP contribution in [0.4, 0.5) is 9.80 Å². The monoisotopic (exact) mass is 387 g/mol. The Bertz CT molecular complexity index is 876. The highest BCUT2D eigenvalue weighted by molar-refractivity contribution is 7.17. The molecule has 0 fully saturated rings. The van der Waals surface area contributed by atoms with Crippen molar-refractivity contribution in [1.29, 1.82) is 0 Å². The Morgan fingerprint density at radius 2 is 2.04 bits per heavy atom. The molecule has 2 amide bonds. The molecule has 27 heavy (non-hydrogen) atoms. The maximum atomic E-state index is 12.2. The van der Waals surface area contributed by atoms with Crippen LogP contribution >= 0.6 is 11.3 Å². The van der Waals surface area contributed by atoms with Crippen LogP contribution in [-0.2, 0) is 17.6 Å². The number of hydrogen-bond acceptors (Lipinski definition) is 6. The van der Waals surface area contributed by atoms with Crippen LogP contribution in [-0.4, -0.2) is 32.4 Å². The molecule has 0 aliphatic heterocycles. The third-order valence-corrected chi connectivity index (χ3v) is 5.47. The van der Waals surface area contributed by atoms with Gasteiger partial charge in [-0.1, -0.05) is 12.1 Å². The fourth-order valence-corrected chi connectivity index (χ4v) is 4.26. The number of urea groups is 1. The molecule has 3 rings (SSSR count). The first-order valence-corrected chi connectivity index (χ1v) is 9.41. The second kappa shape index (κ2) is 8.68. The number of hydrogen-bond donors (Lipinski definition) is 2. The molecule has 7 nitrogen and oxygen atoms in total. The molecule has 8 heteroatoms. The molecule has 0 atom stereocenters. The molecular formula is C19H21N3O4S. The van der Waals surface area contributed by atoms with E-state index in [1.165, 1.54) is 24.7 Å². The van der Waals surface area contributed by atoms with E-state index in [0.29, 0.717) is 16.3 Å². The van der Waals surface area contributed by atoms with E-state index in [0.717, 1.165) is 41.7 Å². The van der Waals surface area contributed by atoms with E-state index in [2.05, 4.69) is 15.8 Å². The number of hydrazone groups is 1. The SMILES string of the molecule is COC(=O)c1c(NC(=O)NN=Cc2cccc(OC)c2)sc2c1CCCC2. The molecule has 1 aromatic heterocycles. The Kier molecular flexibility index (Phi) is 6.08. The van der Waals surface area contributed by atoms with Crippen LogP contribution in [0, 0.1) is 0 Å². The van der Waals surface area contributed by atoms with E-state index in [1.54, 1.807) is 13.2 Å². The molecule has 1 aliphatic rings. The van der Waals surface area contributed by atoms with Gasteiger partial charge in [-0.3, -0.25) is 5.32 Å². The van der Waals surface area contributed by atoms with Crippen LogP contribution in [0.5, 0.6) is 5.75 Å². The smallest absolute Gasteiger partial charge is 0.341 e. The lowest BCUT2D eigenvalue weighted by atomic mass is 9.95. The summed E-state index contributed by atoms with van der Waals surface area (Å²) < 4.78 is 10.0. The summed E-state index contributed by atoms with van der Waals surface area (Å²) in [7, 11) is 2.93. The first-order valence-electron chi connectivity index (χ1n) is 8.59. The van der Waals surface area contributed by atoms with Gasteiger partial charge in [-0.15, -0.1) is 11.3 Å². The topological polar surface area (TPSA) is 89.0 Å². The van der Waals surface area contributed by atoms with Crippen LogP contribution in [0.15, 0.2) is 29.4 Å². The minimum absolute atomic E-state index is 0.426. The number of amides is 2. The molecular weight excluding hydrogens is 366 g/mol. The summed E-state index contributed by atoms with van der Waals surface area (Å²) in [6, 6.07) is 6.78. The Hall–Kier alpha value is -2.87. The number of nitrogens with one attached hydrogen (secondary N) is 2. The van der Waals surface area contributed by atoms with E-state index < -0.39 is 12.0 Å². The van der Waals surface area contributed by atoms with Crippen LogP contribution in [0.2, 0.25) is 0 Å². The van der Waals surface area contributed by atoms with Gasteiger partial charge in [-0.2, -0.15) is 5.10 Å². The summed E-state index contributed by atoms with van der Waals surface area (Å²) >= 11 is 1.43. The van der Waals surface area contributed by atoms with Crippen molar-refractivity contribution in [3.8, 4) is 5.75 Å². The molecule has 1 aromatic carbocycles. The number of anilines is 1. The first kappa shape index (κ1) is 18.9. The predicted octanol–water partition coefficient (Wildman–Crippen LogP) is 3.58. The van der Waals surface area contributed by atoms with Gasteiger partial charge in [0, 0.05) is 4.88 Å². The van der Waals surface area contributed by atoms with Crippen molar-refractivity contribution in [3.63, 3.8) is 0 Å². The molecule has 0 spiro atoms. The lowest BCUT2D eigenvalue weighted by molar-refractivity contribution is 0.0601. The number of fused-ring (bicyclic) bond motifs is 1. The van der Waals surface area contributed by atoms with Gasteiger partial charge in [0.1, 0.15) is 10.8 Å². The molecule has 1 heterocycles. The van der Waals surface area contributed by atoms with E-state index in [-0.39, 0.29) is 0 Å². The molecule has 0 unspecified atom stereocenters. The van der Waals surface area contributed by atoms with E-state index in [4.69, 9.17) is 9.47 Å². The fourth-order valence-electron chi connectivity index (χ4n) is 2.99. The summed E-state index contributed by atoms with van der Waals surface area (Å²) in [5, 5.41) is 7.16. The van der Waals surface area contributed by atoms with E-state index in [1.807, 2.05) is 18.2 Å². The summed E-state index contributed by atoms with van der Waals surface area (Å²) in [5.41, 5.74) is 4.66. The number of carbonyl (C=O) groups is 2. The summed E-state index contributed by atoms with van der Waals surface area (Å²) in [4.78, 5) is 25.5. The zero-order valence-electron chi connectivity index (χ0n) is 15.2. The Labute approximate surface area is 161 Å². The largest absolute Gasteiger partial charge is 0.497 e. The lowest BCUT2D eigenvalue weighted by Gasteiger charge is -2.11. The minimum Gasteiger partial charge on any atom is -0.497 e. The van der Waals surface area contributed by atoms with Gasteiger partial charge in [-0.25, -0.2) is 15.0 Å². The van der Waals surface area contributed by atoms with Crippen molar-refractivity contribution < 1.29 is 19.1 Å². The summed E-state index contributed by atoms with van der Waals surface area (Å²) in [5.74, 6) is 0.278. The summed E-state index contributed by atoms with van der Waals surface area (Å²) in [6.45, 7) is 0. The molecule has 0 saturated carbocycles. The third-order valence-electron chi connectivity index (χ3n) is 4.26. The van der Waals surface area contributed by atoms with Gasteiger partial charge in [0.05, 0.1) is 26.0 Å². The van der Waals surface area contributed by atoms with Crippen molar-refractivity contribution in [3.05, 3.63) is 45.8 Å². The number of esters is 1. The van der Waals surface area contributed by atoms with E-state index in [9.17, 15) is 9.59 Å². The van der Waals surface area contributed by atoms with Crippen LogP contribution in [0.3, 0.4) is 0 Å². The number of methoxy groups -OCH3 is 2. The van der Waals surface area contributed by atoms with Crippen molar-refractivity contribution in [2.24, 2.45) is 5.10 Å². The second-order valence-corrected chi connectivity index (χ2v) is 7.11. The fraction of sp³-hybridized carbons (Fsp3) is 0.316. The standard InChI is InChI=1S/C19H21N3O4S/c1-25-13-7-5-6-12(10-13)11-20-22-19(24)21-17-16(18(23)26-2)14-8-3-4-9-15(14)27-17/h5-7,10-11H,3-4,8-9H2,1-2H3,(H2,21,22,24). The van der Waals surface area contributed by atoms with Gasteiger partial charge in [0.25, 0.3) is 0 Å². The second-order valence-electron chi connectivity index (χ2n) is 6.01. The highest BCUT2D eigenvalue weighted by Crippen LogP contribution is 2.38. The van der Waals surface area contributed by atoms with Gasteiger partial charge in [-0.05, 0) is 48.9 Å². The molecule has 0 saturated heterocycles. The highest BCUT2D eigenvalue weighted by Gasteiger charge is 2.26. The number of carbonyl (C=O) groups excluding carboxylic acids is 2. The van der Waals surface area contributed by atoms with Crippen LogP contribution < -0.4 is 15.5 Å². The molecule has 0 radical (unpaired) electrons. The number of nitrogens with zero attached hydrogens (tertiary/aromatic N) is 1. The normalized spacial score (nSPS) is 13.1. The first-order chi connectivity index (χ1) is 13.1. The number of ether oxygens (including phenoxy) is 2. The van der Waals surface area contributed by atoms with Crippen molar-refractivity contribution >= 4 is 34.6 Å². The highest BCUT2D eigenvalue weighted by atomic mass is 32.1. The van der Waals surface area contributed by atoms with Crippen molar-refractivity contribution in [2.75, 3.05) is 19.5 Å².